The summed E-state index contributed by atoms with van der Waals surface area (Å²) in [7, 11) is 0. The predicted octanol–water partition coefficient (Wildman–Crippen LogP) is 4.26. The summed E-state index contributed by atoms with van der Waals surface area (Å²) in [6.45, 7) is 3.44. The van der Waals surface area contributed by atoms with Crippen molar-refractivity contribution in [3.05, 3.63) is 82.7 Å². The van der Waals surface area contributed by atoms with E-state index in [1.807, 2.05) is 6.07 Å². The highest BCUT2D eigenvalue weighted by molar-refractivity contribution is 5.92. The van der Waals surface area contributed by atoms with Gasteiger partial charge in [-0.1, -0.05) is 18.2 Å². The van der Waals surface area contributed by atoms with Crippen LogP contribution in [0.1, 0.15) is 25.3 Å². The number of ether oxygens (including phenoxy) is 3. The second-order valence-electron chi connectivity index (χ2n) is 6.21. The first-order valence-electron chi connectivity index (χ1n) is 8.94. The zero-order valence-corrected chi connectivity index (χ0v) is 15.9. The smallest absolute Gasteiger partial charge is 0.338 e. The fraction of sp³-hybridized carbons (Fsp3) is 0.182. The summed E-state index contributed by atoms with van der Waals surface area (Å²) in [6, 6.07) is 14.5. The summed E-state index contributed by atoms with van der Waals surface area (Å²) in [4.78, 5) is 12.7. The molecule has 0 bridgehead atoms. The molecule has 0 radical (unpaired) electrons. The summed E-state index contributed by atoms with van der Waals surface area (Å²) in [5, 5.41) is 9.69. The Kier molecular flexibility index (Phi) is 5.84. The fourth-order valence-corrected chi connectivity index (χ4v) is 3.11. The first kappa shape index (κ1) is 20.0. The molecule has 3 rings (SSSR count). The Balaban J connectivity index is 2.12. The highest BCUT2D eigenvalue weighted by Crippen LogP contribution is 2.43. The number of rotatable bonds is 5. The van der Waals surface area contributed by atoms with Gasteiger partial charge >= 0.3 is 5.97 Å². The molecule has 2 aromatic rings. The maximum absolute atomic E-state index is 13.2. The lowest BCUT2D eigenvalue weighted by Gasteiger charge is -2.28. The Labute approximate surface area is 167 Å². The van der Waals surface area contributed by atoms with Crippen LogP contribution in [0.4, 0.5) is 4.39 Å². The van der Waals surface area contributed by atoms with E-state index in [4.69, 9.17) is 19.9 Å². The van der Waals surface area contributed by atoms with E-state index in [0.717, 1.165) is 0 Å². The van der Waals surface area contributed by atoms with Crippen molar-refractivity contribution in [2.45, 2.75) is 19.8 Å². The number of nitriles is 1. The fourth-order valence-electron chi connectivity index (χ4n) is 3.11. The van der Waals surface area contributed by atoms with Gasteiger partial charge in [-0.3, -0.25) is 0 Å². The number of nitrogens with zero attached hydrogens (tertiary/aromatic N) is 1. The Morgan fingerprint density at radius 1 is 1.24 bits per heavy atom. The molecule has 7 heteroatoms. The van der Waals surface area contributed by atoms with Gasteiger partial charge in [0.05, 0.1) is 18.1 Å². The SMILES string of the molecule is CCOC(=O)C1=C(C)OC(N)=C(C#N)C1c1ccccc1Oc1ccc(F)cc1. The Bertz CT molecular complexity index is 1040. The van der Waals surface area contributed by atoms with Gasteiger partial charge in [-0.2, -0.15) is 5.26 Å². The van der Waals surface area contributed by atoms with E-state index in [9.17, 15) is 14.4 Å². The number of allylic oxidation sites excluding steroid dienone is 2. The summed E-state index contributed by atoms with van der Waals surface area (Å²) in [6.07, 6.45) is 0. The highest BCUT2D eigenvalue weighted by Gasteiger charge is 2.37. The van der Waals surface area contributed by atoms with Crippen molar-refractivity contribution in [2.75, 3.05) is 6.61 Å². The van der Waals surface area contributed by atoms with Crippen molar-refractivity contribution in [3.8, 4) is 17.6 Å². The lowest BCUT2D eigenvalue weighted by molar-refractivity contribution is -0.139. The Morgan fingerprint density at radius 2 is 1.93 bits per heavy atom. The van der Waals surface area contributed by atoms with E-state index in [-0.39, 0.29) is 35.2 Å². The monoisotopic (exact) mass is 394 g/mol. The van der Waals surface area contributed by atoms with Crippen LogP contribution in [0, 0.1) is 17.1 Å². The van der Waals surface area contributed by atoms with Gasteiger partial charge in [-0.25, -0.2) is 9.18 Å². The van der Waals surface area contributed by atoms with Crippen molar-refractivity contribution >= 4 is 5.97 Å². The molecule has 0 fully saturated rings. The largest absolute Gasteiger partial charge is 0.463 e. The third-order valence-electron chi connectivity index (χ3n) is 4.37. The van der Waals surface area contributed by atoms with Crippen molar-refractivity contribution in [3.63, 3.8) is 0 Å². The van der Waals surface area contributed by atoms with Gasteiger partial charge < -0.3 is 19.9 Å². The molecule has 1 aliphatic rings. The third-order valence-corrected chi connectivity index (χ3v) is 4.37. The maximum atomic E-state index is 13.2. The number of esters is 1. The van der Waals surface area contributed by atoms with Gasteiger partial charge in [-0.15, -0.1) is 0 Å². The Hall–Kier alpha value is -3.79. The van der Waals surface area contributed by atoms with Gasteiger partial charge in [0.1, 0.15) is 34.7 Å². The summed E-state index contributed by atoms with van der Waals surface area (Å²) in [5.41, 5.74) is 6.71. The Morgan fingerprint density at radius 3 is 2.59 bits per heavy atom. The van der Waals surface area contributed by atoms with Crippen LogP contribution in [-0.2, 0) is 14.3 Å². The molecule has 0 aliphatic carbocycles. The molecule has 2 aromatic carbocycles. The minimum Gasteiger partial charge on any atom is -0.463 e. The van der Waals surface area contributed by atoms with Crippen molar-refractivity contribution in [1.82, 2.24) is 0 Å². The minimum atomic E-state index is -0.829. The second-order valence-corrected chi connectivity index (χ2v) is 6.21. The first-order chi connectivity index (χ1) is 14.0. The molecule has 1 unspecified atom stereocenters. The van der Waals surface area contributed by atoms with Crippen LogP contribution in [0.25, 0.3) is 0 Å². The molecular weight excluding hydrogens is 375 g/mol. The number of carbonyl (C=O) groups is 1. The molecule has 0 aromatic heterocycles. The number of carbonyl (C=O) groups excluding carboxylic acids is 1. The van der Waals surface area contributed by atoms with Crippen LogP contribution < -0.4 is 10.5 Å². The maximum Gasteiger partial charge on any atom is 0.338 e. The van der Waals surface area contributed by atoms with E-state index in [1.54, 1.807) is 38.1 Å². The van der Waals surface area contributed by atoms with E-state index >= 15 is 0 Å². The average molecular weight is 394 g/mol. The third kappa shape index (κ3) is 4.06. The van der Waals surface area contributed by atoms with Crippen LogP contribution in [0.15, 0.2) is 71.3 Å². The molecule has 0 amide bonds. The van der Waals surface area contributed by atoms with Crippen molar-refractivity contribution < 1.29 is 23.4 Å². The number of benzene rings is 2. The molecule has 1 aliphatic heterocycles. The van der Waals surface area contributed by atoms with Crippen LogP contribution >= 0.6 is 0 Å². The molecule has 0 saturated carbocycles. The lowest BCUT2D eigenvalue weighted by Crippen LogP contribution is -2.25. The number of para-hydroxylation sites is 1. The van der Waals surface area contributed by atoms with Gasteiger partial charge in [0, 0.05) is 5.56 Å². The quantitative estimate of drug-likeness (QED) is 0.762. The van der Waals surface area contributed by atoms with Crippen LogP contribution in [0.2, 0.25) is 0 Å². The van der Waals surface area contributed by atoms with Crippen LogP contribution in [0.3, 0.4) is 0 Å². The second kappa shape index (κ2) is 8.48. The number of nitrogens with two attached hydrogens (primary N) is 1. The van der Waals surface area contributed by atoms with Gasteiger partial charge in [0.2, 0.25) is 5.88 Å². The molecule has 29 heavy (non-hydrogen) atoms. The molecule has 1 heterocycles. The summed E-state index contributed by atoms with van der Waals surface area (Å²) in [5.74, 6) is -0.862. The molecule has 1 atom stereocenters. The van der Waals surface area contributed by atoms with Crippen molar-refractivity contribution in [2.24, 2.45) is 5.73 Å². The highest BCUT2D eigenvalue weighted by atomic mass is 19.1. The standard InChI is InChI=1S/C22H19FN2O4/c1-3-27-22(26)19-13(2)28-21(25)17(12-24)20(19)16-6-4-5-7-18(16)29-15-10-8-14(23)9-11-15/h4-11,20H,3,25H2,1-2H3. The number of hydrogen-bond donors (Lipinski definition) is 1. The molecule has 2 N–H and O–H groups in total. The molecule has 148 valence electrons. The molecule has 0 spiro atoms. The minimum absolute atomic E-state index is 0.0776. The van der Waals surface area contributed by atoms with E-state index < -0.39 is 11.9 Å². The summed E-state index contributed by atoms with van der Waals surface area (Å²) >= 11 is 0. The van der Waals surface area contributed by atoms with Crippen molar-refractivity contribution in [1.29, 1.82) is 5.26 Å². The van der Waals surface area contributed by atoms with Crippen LogP contribution in [0.5, 0.6) is 11.5 Å². The normalized spacial score (nSPS) is 16.1. The van der Waals surface area contributed by atoms with Gasteiger partial charge in [-0.05, 0) is 44.2 Å². The molecule has 0 saturated heterocycles. The number of hydrogen-bond acceptors (Lipinski definition) is 6. The predicted molar refractivity (Wildman–Crippen MR) is 103 cm³/mol. The van der Waals surface area contributed by atoms with E-state index in [1.165, 1.54) is 24.3 Å². The average Bonchev–Trinajstić information content (AvgIpc) is 2.70. The molecular formula is C22H19FN2O4. The number of halogens is 1. The lowest BCUT2D eigenvalue weighted by atomic mass is 9.82. The first-order valence-corrected chi connectivity index (χ1v) is 8.94. The van der Waals surface area contributed by atoms with E-state index in [2.05, 4.69) is 0 Å². The topological polar surface area (TPSA) is 94.6 Å². The molecule has 6 nitrogen and oxygen atoms in total. The van der Waals surface area contributed by atoms with Gasteiger partial charge in [0.15, 0.2) is 0 Å². The van der Waals surface area contributed by atoms with Gasteiger partial charge in [0.25, 0.3) is 0 Å². The van der Waals surface area contributed by atoms with Crippen LogP contribution in [-0.4, -0.2) is 12.6 Å². The zero-order valence-electron chi connectivity index (χ0n) is 15.9. The van der Waals surface area contributed by atoms with E-state index in [0.29, 0.717) is 17.1 Å². The summed E-state index contributed by atoms with van der Waals surface area (Å²) < 4.78 is 29.7. The zero-order chi connectivity index (χ0) is 21.0.